The number of aryl methyl sites for hydroxylation is 2. The normalized spacial score (nSPS) is 22.8. The molecule has 0 radical (unpaired) electrons. The summed E-state index contributed by atoms with van der Waals surface area (Å²) in [6.45, 7) is 8.06. The predicted molar refractivity (Wildman–Crippen MR) is 213 cm³/mol. The second-order valence-electron chi connectivity index (χ2n) is 15.0. The molecule has 4 unspecified atom stereocenters. The van der Waals surface area contributed by atoms with E-state index in [0.29, 0.717) is 59.4 Å². The average Bonchev–Trinajstić information content (AvgIpc) is 3.67. The Balaban J connectivity index is 1.40. The molecule has 0 aliphatic carbocycles. The van der Waals surface area contributed by atoms with Gasteiger partial charge in [0.2, 0.25) is 6.79 Å². The van der Waals surface area contributed by atoms with Crippen LogP contribution in [0.25, 0.3) is 0 Å². The van der Waals surface area contributed by atoms with Crippen LogP contribution >= 0.6 is 11.8 Å². The minimum absolute atomic E-state index is 0.0124. The number of methoxy groups -OCH3 is 2. The van der Waals surface area contributed by atoms with Crippen molar-refractivity contribution in [3.8, 4) is 40.2 Å². The van der Waals surface area contributed by atoms with Gasteiger partial charge in [0, 0.05) is 41.8 Å². The number of esters is 2. The van der Waals surface area contributed by atoms with Gasteiger partial charge >= 0.3 is 11.9 Å². The van der Waals surface area contributed by atoms with Crippen LogP contribution in [0, 0.1) is 13.8 Å². The summed E-state index contributed by atoms with van der Waals surface area (Å²) in [5.74, 6) is 1.91. The first kappa shape index (κ1) is 40.8. The van der Waals surface area contributed by atoms with Crippen LogP contribution in [0.2, 0.25) is 0 Å². The van der Waals surface area contributed by atoms with Crippen molar-refractivity contribution < 1.29 is 53.0 Å². The summed E-state index contributed by atoms with van der Waals surface area (Å²) in [7, 11) is 5.01. The maximum Gasteiger partial charge on any atom is 0.327 e. The van der Waals surface area contributed by atoms with Gasteiger partial charge in [-0.15, -0.1) is 0 Å². The maximum absolute atomic E-state index is 14.3. The van der Waals surface area contributed by atoms with Gasteiger partial charge in [-0.25, -0.2) is 4.79 Å². The largest absolute Gasteiger partial charge is 0.504 e. The Kier molecular flexibility index (Phi) is 12.0. The summed E-state index contributed by atoms with van der Waals surface area (Å²) >= 11 is 1.63. The summed E-state index contributed by atoms with van der Waals surface area (Å²) < 4.78 is 42.6. The summed E-state index contributed by atoms with van der Waals surface area (Å²) in [4.78, 5) is 29.5. The standard InChI is InChI=1S/C42H53N3O11S/c1-20-14-25-10-9-13-45-27(18-53-42(49)33-26-16-29(50-6)28(48)15-24(26)11-12-44-33)31-32(37(56-23(4)47)22(3)38-40(31)55-19-54-38)41(57-8)35(45)34(43-5)30(25)39(36(20)51-7)52-17-21(2)46/h14-16,21,27,33-35,41,43-44,46,48H,9-13,17-19H2,1-8H3/t21?,27-,33?,34+,35?,41?/m0/s1. The molecule has 4 heterocycles. The molecule has 14 nitrogen and oxygen atoms in total. The van der Waals surface area contributed by atoms with Crippen LogP contribution in [0.3, 0.4) is 0 Å². The molecule has 7 rings (SSSR count). The molecule has 0 amide bonds. The molecule has 4 N–H and O–H groups in total. The van der Waals surface area contributed by atoms with Gasteiger partial charge in [0.05, 0.1) is 37.7 Å². The number of likely N-dealkylation sites (N-methyl/N-ethyl adjacent to an activating group) is 1. The number of aromatic hydroxyl groups is 1. The third kappa shape index (κ3) is 7.33. The van der Waals surface area contributed by atoms with Gasteiger partial charge in [0.15, 0.2) is 34.5 Å². The number of ether oxygens (including phenoxy) is 7. The number of thioether (sulfide) groups is 1. The zero-order valence-electron chi connectivity index (χ0n) is 33.8. The molecule has 4 aliphatic heterocycles. The zero-order valence-corrected chi connectivity index (χ0v) is 34.6. The number of hydrogen-bond acceptors (Lipinski definition) is 15. The van der Waals surface area contributed by atoms with Crippen molar-refractivity contribution in [2.75, 3.05) is 60.6 Å². The molecule has 4 aliphatic rings. The molecular formula is C42H53N3O11S. The van der Waals surface area contributed by atoms with Gasteiger partial charge in [-0.1, -0.05) is 6.07 Å². The number of fused-ring (bicyclic) bond motifs is 6. The molecule has 0 spiro atoms. The molecule has 0 aromatic heterocycles. The van der Waals surface area contributed by atoms with Crippen molar-refractivity contribution >= 4 is 23.7 Å². The van der Waals surface area contributed by atoms with Gasteiger partial charge in [0.25, 0.3) is 0 Å². The molecular weight excluding hydrogens is 755 g/mol. The molecule has 3 aromatic rings. The number of nitrogens with one attached hydrogen (secondary N) is 2. The van der Waals surface area contributed by atoms with E-state index in [2.05, 4.69) is 21.6 Å². The predicted octanol–water partition coefficient (Wildman–Crippen LogP) is 4.91. The van der Waals surface area contributed by atoms with Gasteiger partial charge in [-0.3, -0.25) is 9.69 Å². The molecule has 0 saturated heterocycles. The van der Waals surface area contributed by atoms with Gasteiger partial charge < -0.3 is 54.0 Å². The Labute approximate surface area is 337 Å². The van der Waals surface area contributed by atoms with E-state index in [9.17, 15) is 19.8 Å². The lowest BCUT2D eigenvalue weighted by atomic mass is 9.78. The Bertz CT molecular complexity index is 2040. The number of benzene rings is 3. The monoisotopic (exact) mass is 807 g/mol. The molecule has 0 fully saturated rings. The lowest BCUT2D eigenvalue weighted by Gasteiger charge is -2.51. The lowest BCUT2D eigenvalue weighted by molar-refractivity contribution is -0.149. The molecule has 0 saturated carbocycles. The first-order valence-corrected chi connectivity index (χ1v) is 20.6. The number of nitrogens with zero attached hydrogens (tertiary/aromatic N) is 1. The third-order valence-corrected chi connectivity index (χ3v) is 12.5. The Hall–Kier alpha value is -4.41. The van der Waals surface area contributed by atoms with E-state index in [1.807, 2.05) is 27.2 Å². The van der Waals surface area contributed by atoms with E-state index in [1.54, 1.807) is 37.9 Å². The lowest BCUT2D eigenvalue weighted by Crippen LogP contribution is -2.54. The summed E-state index contributed by atoms with van der Waals surface area (Å²) in [5.41, 5.74) is 6.63. The Morgan fingerprint density at radius 1 is 1.04 bits per heavy atom. The fourth-order valence-electron chi connectivity index (χ4n) is 9.15. The van der Waals surface area contributed by atoms with E-state index in [-0.39, 0.29) is 48.8 Å². The highest BCUT2D eigenvalue weighted by atomic mass is 32.2. The van der Waals surface area contributed by atoms with Gasteiger partial charge in [0.1, 0.15) is 25.0 Å². The minimum Gasteiger partial charge on any atom is -0.504 e. The fourth-order valence-corrected chi connectivity index (χ4v) is 10.2. The minimum atomic E-state index is -0.797. The molecule has 15 heteroatoms. The molecule has 0 bridgehead atoms. The number of aliphatic hydroxyl groups is 1. The average molecular weight is 808 g/mol. The summed E-state index contributed by atoms with van der Waals surface area (Å²) in [6, 6.07) is 3.42. The van der Waals surface area contributed by atoms with Crippen LogP contribution in [0.5, 0.6) is 40.2 Å². The Morgan fingerprint density at radius 2 is 1.81 bits per heavy atom. The van der Waals surface area contributed by atoms with E-state index in [0.717, 1.165) is 46.2 Å². The summed E-state index contributed by atoms with van der Waals surface area (Å²) in [5, 5.41) is 27.5. The second kappa shape index (κ2) is 16.8. The van der Waals surface area contributed by atoms with Crippen LogP contribution in [0.1, 0.15) is 88.2 Å². The highest BCUT2D eigenvalue weighted by molar-refractivity contribution is 7.98. The first-order valence-electron chi connectivity index (χ1n) is 19.3. The van der Waals surface area contributed by atoms with Crippen molar-refractivity contribution in [1.82, 2.24) is 15.5 Å². The van der Waals surface area contributed by atoms with E-state index in [1.165, 1.54) is 14.0 Å². The number of phenolic OH excluding ortho intramolecular Hbond substituents is 1. The van der Waals surface area contributed by atoms with E-state index < -0.39 is 30.1 Å². The molecule has 308 valence electrons. The van der Waals surface area contributed by atoms with Crippen LogP contribution in [0.4, 0.5) is 0 Å². The molecule has 3 aromatic carbocycles. The van der Waals surface area contributed by atoms with Crippen molar-refractivity contribution in [1.29, 1.82) is 0 Å². The van der Waals surface area contributed by atoms with Crippen LogP contribution in [0.15, 0.2) is 18.2 Å². The number of carbonyl (C=O) groups excluding carboxylic acids is 2. The van der Waals surface area contributed by atoms with Gasteiger partial charge in [-0.05, 0) is 94.3 Å². The van der Waals surface area contributed by atoms with Gasteiger partial charge in [-0.2, -0.15) is 11.8 Å². The highest BCUT2D eigenvalue weighted by Gasteiger charge is 2.51. The molecule has 57 heavy (non-hydrogen) atoms. The summed E-state index contributed by atoms with van der Waals surface area (Å²) in [6.07, 6.45) is 3.42. The van der Waals surface area contributed by atoms with Crippen molar-refractivity contribution in [2.24, 2.45) is 0 Å². The zero-order chi connectivity index (χ0) is 40.7. The molecule has 6 atom stereocenters. The van der Waals surface area contributed by atoms with Crippen molar-refractivity contribution in [3.05, 3.63) is 62.7 Å². The van der Waals surface area contributed by atoms with Crippen molar-refractivity contribution in [3.63, 3.8) is 0 Å². The van der Waals surface area contributed by atoms with Crippen LogP contribution < -0.4 is 39.1 Å². The quantitative estimate of drug-likeness (QED) is 0.153. The van der Waals surface area contributed by atoms with Crippen LogP contribution in [-0.4, -0.2) is 99.8 Å². The Morgan fingerprint density at radius 3 is 2.49 bits per heavy atom. The fraction of sp³-hybridized carbons (Fsp3) is 0.524. The highest BCUT2D eigenvalue weighted by Crippen LogP contribution is 2.60. The number of rotatable bonds is 11. The van der Waals surface area contributed by atoms with E-state index in [4.69, 9.17) is 33.2 Å². The number of aliphatic hydroxyl groups excluding tert-OH is 1. The number of carbonyl (C=O) groups is 2. The third-order valence-electron chi connectivity index (χ3n) is 11.4. The second-order valence-corrected chi connectivity index (χ2v) is 16.0. The topological polar surface area (TPSA) is 167 Å². The number of hydrogen-bond donors (Lipinski definition) is 4. The smallest absolute Gasteiger partial charge is 0.327 e. The van der Waals surface area contributed by atoms with Crippen LogP contribution in [-0.2, 0) is 27.2 Å². The SMILES string of the molecule is CN[C@@H]1c2c(cc(C)c(OC)c2OCC(C)O)CCCN2C1C(SC)c1c(OC(C)=O)c(C)c3c(c1[C@@H]2COC(=O)C1NCCc2cc(O)c(OC)cc21)OCO3. The number of phenols is 1. The van der Waals surface area contributed by atoms with E-state index >= 15 is 0 Å². The van der Waals surface area contributed by atoms with Crippen molar-refractivity contribution in [2.45, 2.75) is 82.5 Å². The maximum atomic E-state index is 14.3. The first-order chi connectivity index (χ1) is 27.4.